The Morgan fingerprint density at radius 3 is 2.74 bits per heavy atom. The first-order chi connectivity index (χ1) is 11.1. The highest BCUT2D eigenvalue weighted by atomic mass is 16.6. The van der Waals surface area contributed by atoms with E-state index in [2.05, 4.69) is 10.3 Å². The number of amides is 1. The molecule has 3 rings (SSSR count). The molecule has 0 fully saturated rings. The van der Waals surface area contributed by atoms with Gasteiger partial charge in [0.2, 0.25) is 5.91 Å². The number of ether oxygens (including phenoxy) is 1. The molecule has 0 bridgehead atoms. The normalized spacial score (nSPS) is 10.5. The van der Waals surface area contributed by atoms with Crippen molar-refractivity contribution in [2.75, 3.05) is 5.32 Å². The van der Waals surface area contributed by atoms with Crippen LogP contribution in [0.4, 0.5) is 5.69 Å². The highest BCUT2D eigenvalue weighted by Crippen LogP contribution is 2.18. The molecule has 116 valence electrons. The Bertz CT molecular complexity index is 903. The van der Waals surface area contributed by atoms with E-state index in [0.29, 0.717) is 11.2 Å². The van der Waals surface area contributed by atoms with Gasteiger partial charge in [-0.25, -0.2) is 4.79 Å². The van der Waals surface area contributed by atoms with Gasteiger partial charge in [0.05, 0.1) is 10.9 Å². The molecule has 0 aliphatic heterocycles. The van der Waals surface area contributed by atoms with Gasteiger partial charge in [-0.2, -0.15) is 4.98 Å². The van der Waals surface area contributed by atoms with Crippen molar-refractivity contribution in [3.8, 4) is 6.08 Å². The van der Waals surface area contributed by atoms with E-state index in [1.165, 1.54) is 13.0 Å². The SMILES string of the molecule is CC(=O)Nc1ccc2nc(OCc3ccccc3)oc(=O)c2c1. The summed E-state index contributed by atoms with van der Waals surface area (Å²) in [7, 11) is 0. The summed E-state index contributed by atoms with van der Waals surface area (Å²) >= 11 is 0. The number of nitrogens with one attached hydrogen (secondary N) is 1. The van der Waals surface area contributed by atoms with E-state index < -0.39 is 5.63 Å². The second-order valence-electron chi connectivity index (χ2n) is 4.95. The van der Waals surface area contributed by atoms with E-state index in [0.717, 1.165) is 5.56 Å². The predicted octanol–water partition coefficient (Wildman–Crippen LogP) is 2.73. The molecular weight excluding hydrogens is 296 g/mol. The van der Waals surface area contributed by atoms with Crippen LogP contribution in [0.1, 0.15) is 12.5 Å². The van der Waals surface area contributed by atoms with Crippen LogP contribution in [0.5, 0.6) is 6.08 Å². The zero-order chi connectivity index (χ0) is 16.2. The fraction of sp³-hybridized carbons (Fsp3) is 0.118. The third kappa shape index (κ3) is 3.55. The van der Waals surface area contributed by atoms with Gasteiger partial charge in [-0.1, -0.05) is 30.3 Å². The van der Waals surface area contributed by atoms with Crippen LogP contribution in [0.25, 0.3) is 10.9 Å². The maximum Gasteiger partial charge on any atom is 0.397 e. The minimum atomic E-state index is -0.565. The van der Waals surface area contributed by atoms with E-state index in [4.69, 9.17) is 9.15 Å². The summed E-state index contributed by atoms with van der Waals surface area (Å²) in [5.74, 6) is -0.218. The van der Waals surface area contributed by atoms with Crippen molar-refractivity contribution < 1.29 is 13.9 Å². The maximum atomic E-state index is 12.0. The number of benzene rings is 2. The standard InChI is InChI=1S/C17H14N2O4/c1-11(20)18-13-7-8-15-14(9-13)16(21)23-17(19-15)22-10-12-5-3-2-4-6-12/h2-9H,10H2,1H3,(H,18,20). The third-order valence-electron chi connectivity index (χ3n) is 3.13. The zero-order valence-electron chi connectivity index (χ0n) is 12.4. The molecule has 0 atom stereocenters. The Hall–Kier alpha value is -3.15. The average molecular weight is 310 g/mol. The van der Waals surface area contributed by atoms with Crippen molar-refractivity contribution >= 4 is 22.5 Å². The van der Waals surface area contributed by atoms with E-state index >= 15 is 0 Å². The van der Waals surface area contributed by atoms with Gasteiger partial charge >= 0.3 is 11.7 Å². The third-order valence-corrected chi connectivity index (χ3v) is 3.13. The van der Waals surface area contributed by atoms with Crippen molar-refractivity contribution in [2.24, 2.45) is 0 Å². The van der Waals surface area contributed by atoms with Gasteiger partial charge in [0.1, 0.15) is 6.61 Å². The lowest BCUT2D eigenvalue weighted by Crippen LogP contribution is -2.08. The topological polar surface area (TPSA) is 81.4 Å². The van der Waals surface area contributed by atoms with Crippen LogP contribution in [0.3, 0.4) is 0 Å². The van der Waals surface area contributed by atoms with E-state index in [-0.39, 0.29) is 24.0 Å². The number of carbonyl (C=O) groups is 1. The lowest BCUT2D eigenvalue weighted by Gasteiger charge is -2.06. The van der Waals surface area contributed by atoms with Crippen LogP contribution in [0.2, 0.25) is 0 Å². The average Bonchev–Trinajstić information content (AvgIpc) is 2.54. The number of fused-ring (bicyclic) bond motifs is 1. The number of aromatic nitrogens is 1. The molecule has 0 unspecified atom stereocenters. The number of hydrogen-bond acceptors (Lipinski definition) is 5. The number of anilines is 1. The molecule has 3 aromatic rings. The summed E-state index contributed by atoms with van der Waals surface area (Å²) in [6, 6.07) is 14.3. The molecule has 1 heterocycles. The van der Waals surface area contributed by atoms with Gasteiger partial charge in [-0.05, 0) is 23.8 Å². The van der Waals surface area contributed by atoms with Crippen molar-refractivity contribution in [3.63, 3.8) is 0 Å². The molecular formula is C17H14N2O4. The smallest absolute Gasteiger partial charge is 0.397 e. The molecule has 1 amide bonds. The molecule has 0 saturated heterocycles. The summed E-state index contributed by atoms with van der Waals surface area (Å²) in [6.07, 6.45) is -0.0846. The summed E-state index contributed by atoms with van der Waals surface area (Å²) in [5, 5.41) is 2.89. The molecule has 0 saturated carbocycles. The lowest BCUT2D eigenvalue weighted by atomic mass is 10.2. The predicted molar refractivity (Wildman–Crippen MR) is 85.4 cm³/mol. The Labute approximate surface area is 131 Å². The van der Waals surface area contributed by atoms with Gasteiger partial charge in [0.15, 0.2) is 0 Å². The molecule has 1 aromatic heterocycles. The molecule has 6 heteroatoms. The maximum absolute atomic E-state index is 12.0. The molecule has 2 aromatic carbocycles. The first-order valence-corrected chi connectivity index (χ1v) is 7.01. The van der Waals surface area contributed by atoms with Crippen LogP contribution in [-0.2, 0) is 11.4 Å². The molecule has 0 radical (unpaired) electrons. The van der Waals surface area contributed by atoms with Crippen LogP contribution in [0.15, 0.2) is 57.7 Å². The molecule has 1 N–H and O–H groups in total. The van der Waals surface area contributed by atoms with Crippen molar-refractivity contribution in [2.45, 2.75) is 13.5 Å². The minimum Gasteiger partial charge on any atom is -0.445 e. The van der Waals surface area contributed by atoms with Gasteiger partial charge in [0.25, 0.3) is 0 Å². The molecule has 0 aliphatic carbocycles. The summed E-state index contributed by atoms with van der Waals surface area (Å²) in [5.41, 5.74) is 1.33. The number of rotatable bonds is 4. The van der Waals surface area contributed by atoms with Crippen LogP contribution >= 0.6 is 0 Å². The van der Waals surface area contributed by atoms with Gasteiger partial charge in [-0.15, -0.1) is 0 Å². The second kappa shape index (κ2) is 6.31. The molecule has 23 heavy (non-hydrogen) atoms. The fourth-order valence-electron chi connectivity index (χ4n) is 2.11. The quantitative estimate of drug-likeness (QED) is 0.801. The lowest BCUT2D eigenvalue weighted by molar-refractivity contribution is -0.114. The number of carbonyl (C=O) groups excluding carboxylic acids is 1. The first-order valence-electron chi connectivity index (χ1n) is 7.01. The van der Waals surface area contributed by atoms with Gasteiger partial charge < -0.3 is 14.5 Å². The highest BCUT2D eigenvalue weighted by molar-refractivity contribution is 5.91. The van der Waals surface area contributed by atoms with Crippen LogP contribution in [0, 0.1) is 0 Å². The van der Waals surface area contributed by atoms with E-state index in [9.17, 15) is 9.59 Å². The highest BCUT2D eigenvalue weighted by Gasteiger charge is 2.09. The van der Waals surface area contributed by atoms with Crippen molar-refractivity contribution in [3.05, 3.63) is 64.5 Å². The van der Waals surface area contributed by atoms with E-state index in [1.54, 1.807) is 12.1 Å². The number of hydrogen-bond donors (Lipinski definition) is 1. The fourth-order valence-corrected chi connectivity index (χ4v) is 2.11. The first kappa shape index (κ1) is 14.8. The second-order valence-corrected chi connectivity index (χ2v) is 4.95. The van der Waals surface area contributed by atoms with Crippen LogP contribution < -0.4 is 15.7 Å². The van der Waals surface area contributed by atoms with Gasteiger partial charge in [-0.3, -0.25) is 4.79 Å². The Balaban J connectivity index is 1.86. The Kier molecular flexibility index (Phi) is 4.05. The minimum absolute atomic E-state index is 0.0846. The number of nitrogens with zero attached hydrogens (tertiary/aromatic N) is 1. The van der Waals surface area contributed by atoms with Crippen molar-refractivity contribution in [1.29, 1.82) is 0 Å². The summed E-state index contributed by atoms with van der Waals surface area (Å²) in [4.78, 5) is 27.3. The largest absolute Gasteiger partial charge is 0.445 e. The zero-order valence-corrected chi connectivity index (χ0v) is 12.4. The van der Waals surface area contributed by atoms with E-state index in [1.807, 2.05) is 30.3 Å². The Morgan fingerprint density at radius 1 is 1.22 bits per heavy atom. The monoisotopic (exact) mass is 310 g/mol. The van der Waals surface area contributed by atoms with Gasteiger partial charge in [0, 0.05) is 12.6 Å². The summed E-state index contributed by atoms with van der Waals surface area (Å²) < 4.78 is 10.5. The van der Waals surface area contributed by atoms with Crippen LogP contribution in [-0.4, -0.2) is 10.9 Å². The summed E-state index contributed by atoms with van der Waals surface area (Å²) in [6.45, 7) is 1.65. The van der Waals surface area contributed by atoms with Crippen molar-refractivity contribution in [1.82, 2.24) is 4.98 Å². The molecule has 0 aliphatic rings. The molecule has 0 spiro atoms. The Morgan fingerprint density at radius 2 is 2.00 bits per heavy atom. The molecule has 6 nitrogen and oxygen atoms in total.